The van der Waals surface area contributed by atoms with Crippen LogP contribution < -0.4 is 11.1 Å². The van der Waals surface area contributed by atoms with Crippen molar-refractivity contribution in [3.8, 4) is 0 Å². The number of hydrogen-bond donors (Lipinski definition) is 2. The average molecular weight is 526 g/mol. The molecule has 2 aromatic heterocycles. The quantitative estimate of drug-likeness (QED) is 0.390. The summed E-state index contributed by atoms with van der Waals surface area (Å²) in [6, 6.07) is 14.7. The first-order valence-electron chi connectivity index (χ1n) is 11.1. The van der Waals surface area contributed by atoms with E-state index in [2.05, 4.69) is 72.7 Å². The third kappa shape index (κ3) is 6.34. The van der Waals surface area contributed by atoms with Crippen molar-refractivity contribution < 1.29 is 0 Å². The zero-order valence-corrected chi connectivity index (χ0v) is 21.1. The summed E-state index contributed by atoms with van der Waals surface area (Å²) in [6.45, 7) is 3.70. The zero-order valence-electron chi connectivity index (χ0n) is 18.7. The van der Waals surface area contributed by atoms with Crippen LogP contribution in [0.1, 0.15) is 41.4 Å². The van der Waals surface area contributed by atoms with Gasteiger partial charge in [-0.3, -0.25) is 9.88 Å². The van der Waals surface area contributed by atoms with Crippen LogP contribution in [0.15, 0.2) is 66.0 Å². The minimum Gasteiger partial charge on any atom is -0.404 e. The van der Waals surface area contributed by atoms with Gasteiger partial charge in [0.1, 0.15) is 5.82 Å². The van der Waals surface area contributed by atoms with Crippen LogP contribution in [0.4, 0.5) is 5.82 Å². The van der Waals surface area contributed by atoms with E-state index in [1.54, 1.807) is 6.20 Å². The van der Waals surface area contributed by atoms with Gasteiger partial charge < -0.3 is 11.1 Å². The first-order valence-corrected chi connectivity index (χ1v) is 13.1. The van der Waals surface area contributed by atoms with Crippen LogP contribution in [-0.2, 0) is 13.1 Å². The second-order valence-corrected chi connectivity index (χ2v) is 9.82. The number of nitrogens with two attached hydrogens (primary N) is 1. The van der Waals surface area contributed by atoms with Crippen LogP contribution in [0.25, 0.3) is 4.48 Å². The molecule has 1 aromatic carbocycles. The van der Waals surface area contributed by atoms with Crippen LogP contribution in [-0.4, -0.2) is 39.2 Å². The molecule has 3 N–H and O–H groups in total. The molecule has 8 heteroatoms. The lowest BCUT2D eigenvalue weighted by Crippen LogP contribution is -2.34. The van der Waals surface area contributed by atoms with Gasteiger partial charge in [-0.2, -0.15) is 0 Å². The molecule has 1 aliphatic rings. The van der Waals surface area contributed by atoms with Gasteiger partial charge >= 0.3 is 0 Å². The SMILES string of the molecule is CSc1ccccc1CN1CCCC(c2cc(NCc3cccnc3)nc(C(Br)=CN)n2)C1. The number of nitrogens with zero attached hydrogens (tertiary/aromatic N) is 4. The molecule has 3 heterocycles. The first kappa shape index (κ1) is 23.7. The highest BCUT2D eigenvalue weighted by Crippen LogP contribution is 2.31. The van der Waals surface area contributed by atoms with E-state index in [0.717, 1.165) is 49.6 Å². The van der Waals surface area contributed by atoms with E-state index in [1.165, 1.54) is 16.7 Å². The Bertz CT molecular complexity index is 1090. The predicted molar refractivity (Wildman–Crippen MR) is 140 cm³/mol. The number of nitrogens with one attached hydrogen (secondary N) is 1. The molecular weight excluding hydrogens is 496 g/mol. The van der Waals surface area contributed by atoms with Gasteiger partial charge in [0.25, 0.3) is 0 Å². The van der Waals surface area contributed by atoms with Gasteiger partial charge in [-0.05, 0) is 64.8 Å². The van der Waals surface area contributed by atoms with Crippen LogP contribution in [0, 0.1) is 0 Å². The van der Waals surface area contributed by atoms with E-state index in [1.807, 2.05) is 30.1 Å². The number of aromatic nitrogens is 3. The standard InChI is InChI=1S/C25H29BrN6S/c1-33-23-9-3-2-7-20(23)17-32-11-5-8-19(16-32)22-12-24(31-25(30-22)21(26)13-27)29-15-18-6-4-10-28-14-18/h2-4,6-7,9-10,12-14,19H,5,8,11,15-17,27H2,1H3,(H,29,30,31). The predicted octanol–water partition coefficient (Wildman–Crippen LogP) is 5.24. The molecule has 1 aliphatic heterocycles. The van der Waals surface area contributed by atoms with Crippen molar-refractivity contribution in [1.29, 1.82) is 0 Å². The first-order chi connectivity index (χ1) is 16.2. The van der Waals surface area contributed by atoms with Crippen molar-refractivity contribution in [2.45, 2.75) is 36.7 Å². The molecule has 0 bridgehead atoms. The molecule has 172 valence electrons. The topological polar surface area (TPSA) is 80.0 Å². The fraction of sp³-hybridized carbons (Fsp3) is 0.320. The van der Waals surface area contributed by atoms with Crippen molar-refractivity contribution in [1.82, 2.24) is 19.9 Å². The highest BCUT2D eigenvalue weighted by Gasteiger charge is 2.24. The van der Waals surface area contributed by atoms with Crippen LogP contribution in [0.2, 0.25) is 0 Å². The molecule has 0 radical (unpaired) electrons. The number of rotatable bonds is 8. The summed E-state index contributed by atoms with van der Waals surface area (Å²) in [4.78, 5) is 17.6. The number of piperidine rings is 1. The molecule has 0 amide bonds. The number of anilines is 1. The lowest BCUT2D eigenvalue weighted by Gasteiger charge is -2.33. The average Bonchev–Trinajstić information content (AvgIpc) is 2.88. The lowest BCUT2D eigenvalue weighted by molar-refractivity contribution is 0.197. The summed E-state index contributed by atoms with van der Waals surface area (Å²) in [5.41, 5.74) is 9.30. The molecule has 1 saturated heterocycles. The minimum absolute atomic E-state index is 0.346. The molecule has 6 nitrogen and oxygen atoms in total. The monoisotopic (exact) mass is 524 g/mol. The van der Waals surface area contributed by atoms with Crippen molar-refractivity contribution in [2.75, 3.05) is 24.7 Å². The van der Waals surface area contributed by atoms with Crippen molar-refractivity contribution in [2.24, 2.45) is 5.73 Å². The summed E-state index contributed by atoms with van der Waals surface area (Å²) in [5, 5.41) is 3.43. The normalized spacial score (nSPS) is 17.2. The second-order valence-electron chi connectivity index (χ2n) is 8.12. The van der Waals surface area contributed by atoms with E-state index >= 15 is 0 Å². The van der Waals surface area contributed by atoms with Gasteiger partial charge in [0.15, 0.2) is 5.82 Å². The van der Waals surface area contributed by atoms with Crippen molar-refractivity contribution >= 4 is 38.0 Å². The molecule has 0 spiro atoms. The highest BCUT2D eigenvalue weighted by molar-refractivity contribution is 9.15. The largest absolute Gasteiger partial charge is 0.404 e. The molecular formula is C25H29BrN6S. The smallest absolute Gasteiger partial charge is 0.170 e. The van der Waals surface area contributed by atoms with Gasteiger partial charge in [0.2, 0.25) is 0 Å². The Balaban J connectivity index is 1.53. The maximum absolute atomic E-state index is 5.76. The Hall–Kier alpha value is -2.42. The number of benzene rings is 1. The fourth-order valence-corrected chi connectivity index (χ4v) is 4.94. The van der Waals surface area contributed by atoms with E-state index in [0.29, 0.717) is 22.8 Å². The molecule has 1 unspecified atom stereocenters. The summed E-state index contributed by atoms with van der Waals surface area (Å²) >= 11 is 5.32. The molecule has 1 atom stereocenters. The number of thioether (sulfide) groups is 1. The van der Waals surface area contributed by atoms with Crippen molar-refractivity contribution in [3.63, 3.8) is 0 Å². The maximum atomic E-state index is 5.76. The Morgan fingerprint density at radius 3 is 2.94 bits per heavy atom. The number of halogens is 1. The maximum Gasteiger partial charge on any atom is 0.170 e. The lowest BCUT2D eigenvalue weighted by atomic mass is 9.94. The van der Waals surface area contributed by atoms with Crippen LogP contribution in [0.3, 0.4) is 0 Å². The Morgan fingerprint density at radius 2 is 2.15 bits per heavy atom. The van der Waals surface area contributed by atoms with Crippen LogP contribution in [0.5, 0.6) is 0 Å². The Kier molecular flexibility index (Phi) is 8.36. The fourth-order valence-electron chi connectivity index (χ4n) is 4.16. The third-order valence-electron chi connectivity index (χ3n) is 5.81. The van der Waals surface area contributed by atoms with E-state index < -0.39 is 0 Å². The van der Waals surface area contributed by atoms with Crippen LogP contribution >= 0.6 is 27.7 Å². The van der Waals surface area contributed by atoms with E-state index in [4.69, 9.17) is 10.7 Å². The van der Waals surface area contributed by atoms with Gasteiger partial charge in [-0.15, -0.1) is 11.8 Å². The Labute approximate surface area is 208 Å². The summed E-state index contributed by atoms with van der Waals surface area (Å²) < 4.78 is 0.690. The molecule has 33 heavy (non-hydrogen) atoms. The molecule has 1 fully saturated rings. The molecule has 0 aliphatic carbocycles. The minimum atomic E-state index is 0.346. The third-order valence-corrected chi connectivity index (χ3v) is 7.27. The number of likely N-dealkylation sites (tertiary alicyclic amines) is 1. The molecule has 4 rings (SSSR count). The summed E-state index contributed by atoms with van der Waals surface area (Å²) in [5.74, 6) is 1.75. The molecule has 0 saturated carbocycles. The summed E-state index contributed by atoms with van der Waals surface area (Å²) in [6.07, 6.45) is 9.54. The van der Waals surface area contributed by atoms with Crippen molar-refractivity contribution in [3.05, 3.63) is 83.7 Å². The van der Waals surface area contributed by atoms with Gasteiger partial charge in [0, 0.05) is 55.1 Å². The second kappa shape index (κ2) is 11.6. The van der Waals surface area contributed by atoms with Gasteiger partial charge in [-0.25, -0.2) is 9.97 Å². The number of pyridine rings is 1. The number of hydrogen-bond acceptors (Lipinski definition) is 7. The summed E-state index contributed by atoms with van der Waals surface area (Å²) in [7, 11) is 0. The van der Waals surface area contributed by atoms with E-state index in [-0.39, 0.29) is 0 Å². The zero-order chi connectivity index (χ0) is 23.0. The van der Waals surface area contributed by atoms with Gasteiger partial charge in [-0.1, -0.05) is 24.3 Å². The molecule has 3 aromatic rings. The van der Waals surface area contributed by atoms with Gasteiger partial charge in [0.05, 0.1) is 10.2 Å². The van der Waals surface area contributed by atoms with E-state index in [9.17, 15) is 0 Å². The highest BCUT2D eigenvalue weighted by atomic mass is 79.9. The Morgan fingerprint density at radius 1 is 1.27 bits per heavy atom.